The number of thioether (sulfide) groups is 1. The Morgan fingerprint density at radius 2 is 2.00 bits per heavy atom. The Balaban J connectivity index is 2.12. The molecule has 1 aliphatic heterocycles. The van der Waals surface area contributed by atoms with Crippen LogP contribution in [0.25, 0.3) is 0 Å². The predicted octanol–water partition coefficient (Wildman–Crippen LogP) is 3.03. The third kappa shape index (κ3) is 3.43. The van der Waals surface area contributed by atoms with Gasteiger partial charge in [0.05, 0.1) is 5.69 Å². The number of anilines is 1. The minimum atomic E-state index is 0.666. The van der Waals surface area contributed by atoms with Crippen molar-refractivity contribution in [1.29, 1.82) is 5.26 Å². The molecule has 20 heavy (non-hydrogen) atoms. The number of nitrogens with one attached hydrogen (secondary N) is 1. The number of nitriles is 1. The zero-order chi connectivity index (χ0) is 14.4. The van der Waals surface area contributed by atoms with Crippen LogP contribution in [0.15, 0.2) is 0 Å². The van der Waals surface area contributed by atoms with Gasteiger partial charge in [0, 0.05) is 6.54 Å². The lowest BCUT2D eigenvalue weighted by Crippen LogP contribution is -2.21. The lowest BCUT2D eigenvalue weighted by atomic mass is 10.0. The van der Waals surface area contributed by atoms with Crippen molar-refractivity contribution in [3.05, 3.63) is 16.8 Å². The molecule has 1 aliphatic rings. The summed E-state index contributed by atoms with van der Waals surface area (Å²) in [5.41, 5.74) is 2.68. The molecule has 0 amide bonds. The summed E-state index contributed by atoms with van der Waals surface area (Å²) in [6.07, 6.45) is 4.16. The van der Waals surface area contributed by atoms with E-state index < -0.39 is 0 Å². The first-order valence-electron chi connectivity index (χ1n) is 7.40. The maximum Gasteiger partial charge on any atom is 0.166 e. The van der Waals surface area contributed by atoms with Gasteiger partial charge in [-0.1, -0.05) is 13.8 Å². The average Bonchev–Trinajstić information content (AvgIpc) is 2.52. The Labute approximate surface area is 125 Å². The fourth-order valence-corrected chi connectivity index (χ4v) is 3.81. The molecule has 108 valence electrons. The highest BCUT2D eigenvalue weighted by atomic mass is 32.2. The second-order valence-electron chi connectivity index (χ2n) is 5.10. The fourth-order valence-electron chi connectivity index (χ4n) is 2.61. The highest BCUT2D eigenvalue weighted by Crippen LogP contribution is 2.24. The van der Waals surface area contributed by atoms with Crippen LogP contribution in [0.2, 0.25) is 0 Å². The minimum Gasteiger partial charge on any atom is -0.367 e. The standard InChI is InChI=1S/C15H22N4S/c1-3-12-13(9-16)15(19-18-14(12)4-2)17-10-11-5-7-20-8-6-11/h11H,3-8,10H2,1-2H3,(H,17,19). The first-order valence-corrected chi connectivity index (χ1v) is 8.55. The second-order valence-corrected chi connectivity index (χ2v) is 6.33. The normalized spacial score (nSPS) is 15.8. The molecule has 1 aromatic heterocycles. The van der Waals surface area contributed by atoms with Gasteiger partial charge in [0.25, 0.3) is 0 Å². The van der Waals surface area contributed by atoms with Gasteiger partial charge in [-0.3, -0.25) is 0 Å². The maximum atomic E-state index is 9.43. The molecule has 0 aliphatic carbocycles. The molecule has 0 aromatic carbocycles. The van der Waals surface area contributed by atoms with Gasteiger partial charge < -0.3 is 5.32 Å². The molecule has 0 unspecified atom stereocenters. The molecule has 4 nitrogen and oxygen atoms in total. The summed E-state index contributed by atoms with van der Waals surface area (Å²) in [5.74, 6) is 3.86. The maximum absolute atomic E-state index is 9.43. The summed E-state index contributed by atoms with van der Waals surface area (Å²) in [7, 11) is 0. The van der Waals surface area contributed by atoms with Gasteiger partial charge in [-0.2, -0.15) is 22.1 Å². The quantitative estimate of drug-likeness (QED) is 0.903. The molecule has 0 atom stereocenters. The van der Waals surface area contributed by atoms with E-state index >= 15 is 0 Å². The molecule has 2 rings (SSSR count). The number of rotatable bonds is 5. The number of hydrogen-bond donors (Lipinski definition) is 1. The molecule has 2 heterocycles. The van der Waals surface area contributed by atoms with E-state index in [0.717, 1.165) is 30.6 Å². The minimum absolute atomic E-state index is 0.666. The molecule has 1 aromatic rings. The first kappa shape index (κ1) is 15.1. The van der Waals surface area contributed by atoms with E-state index in [1.807, 2.05) is 11.8 Å². The van der Waals surface area contributed by atoms with E-state index in [1.165, 1.54) is 24.3 Å². The smallest absolute Gasteiger partial charge is 0.166 e. The summed E-state index contributed by atoms with van der Waals surface area (Å²) in [6, 6.07) is 2.31. The van der Waals surface area contributed by atoms with Gasteiger partial charge in [-0.05, 0) is 48.7 Å². The van der Waals surface area contributed by atoms with Crippen LogP contribution in [0.3, 0.4) is 0 Å². The lowest BCUT2D eigenvalue weighted by Gasteiger charge is -2.22. The Morgan fingerprint density at radius 3 is 2.60 bits per heavy atom. The van der Waals surface area contributed by atoms with Crippen molar-refractivity contribution in [3.8, 4) is 6.07 Å². The number of aryl methyl sites for hydroxylation is 1. The van der Waals surface area contributed by atoms with Crippen molar-refractivity contribution >= 4 is 17.6 Å². The molecule has 1 fully saturated rings. The molecule has 0 radical (unpaired) electrons. The van der Waals surface area contributed by atoms with Crippen LogP contribution in [0.1, 0.15) is 43.5 Å². The first-order chi connectivity index (χ1) is 9.80. The average molecular weight is 290 g/mol. The molecule has 5 heteroatoms. The van der Waals surface area contributed by atoms with Gasteiger partial charge in [0.15, 0.2) is 5.82 Å². The van der Waals surface area contributed by atoms with Gasteiger partial charge >= 0.3 is 0 Å². The Hall–Kier alpha value is -1.28. The van der Waals surface area contributed by atoms with Crippen LogP contribution in [-0.4, -0.2) is 28.2 Å². The van der Waals surface area contributed by atoms with E-state index in [1.54, 1.807) is 0 Å². The molecule has 1 saturated heterocycles. The fraction of sp³-hybridized carbons (Fsp3) is 0.667. The van der Waals surface area contributed by atoms with Crippen molar-refractivity contribution in [1.82, 2.24) is 10.2 Å². The summed E-state index contributed by atoms with van der Waals surface area (Å²) < 4.78 is 0. The highest BCUT2D eigenvalue weighted by Gasteiger charge is 2.17. The van der Waals surface area contributed by atoms with Gasteiger partial charge in [0.2, 0.25) is 0 Å². The molecular formula is C15H22N4S. The van der Waals surface area contributed by atoms with Gasteiger partial charge in [-0.15, -0.1) is 5.10 Å². The molecule has 0 spiro atoms. The van der Waals surface area contributed by atoms with Crippen LogP contribution >= 0.6 is 11.8 Å². The monoisotopic (exact) mass is 290 g/mol. The van der Waals surface area contributed by atoms with Crippen LogP contribution in [0, 0.1) is 17.2 Å². The Bertz CT molecular complexity index is 489. The van der Waals surface area contributed by atoms with Crippen molar-refractivity contribution in [2.75, 3.05) is 23.4 Å². The molecule has 0 bridgehead atoms. The summed E-state index contributed by atoms with van der Waals surface area (Å²) in [6.45, 7) is 5.02. The van der Waals surface area contributed by atoms with E-state index in [0.29, 0.717) is 17.3 Å². The van der Waals surface area contributed by atoms with Crippen LogP contribution in [0.5, 0.6) is 0 Å². The van der Waals surface area contributed by atoms with E-state index in [4.69, 9.17) is 0 Å². The largest absolute Gasteiger partial charge is 0.367 e. The van der Waals surface area contributed by atoms with Crippen molar-refractivity contribution in [2.45, 2.75) is 39.5 Å². The van der Waals surface area contributed by atoms with Crippen molar-refractivity contribution in [3.63, 3.8) is 0 Å². The predicted molar refractivity (Wildman–Crippen MR) is 84.0 cm³/mol. The van der Waals surface area contributed by atoms with Crippen molar-refractivity contribution in [2.24, 2.45) is 5.92 Å². The third-order valence-corrected chi connectivity index (χ3v) is 4.91. The summed E-state index contributed by atoms with van der Waals surface area (Å²) in [4.78, 5) is 0. The summed E-state index contributed by atoms with van der Waals surface area (Å²) in [5, 5.41) is 21.3. The third-order valence-electron chi connectivity index (χ3n) is 3.86. The second kappa shape index (κ2) is 7.49. The van der Waals surface area contributed by atoms with E-state index in [-0.39, 0.29) is 0 Å². The lowest BCUT2D eigenvalue weighted by molar-refractivity contribution is 0.515. The highest BCUT2D eigenvalue weighted by molar-refractivity contribution is 7.99. The van der Waals surface area contributed by atoms with Crippen LogP contribution in [0.4, 0.5) is 5.82 Å². The molecule has 0 saturated carbocycles. The number of hydrogen-bond acceptors (Lipinski definition) is 5. The number of nitrogens with zero attached hydrogens (tertiary/aromatic N) is 3. The van der Waals surface area contributed by atoms with Gasteiger partial charge in [-0.25, -0.2) is 0 Å². The number of aromatic nitrogens is 2. The van der Waals surface area contributed by atoms with E-state index in [9.17, 15) is 5.26 Å². The Kier molecular flexibility index (Phi) is 5.66. The Morgan fingerprint density at radius 1 is 1.25 bits per heavy atom. The van der Waals surface area contributed by atoms with Crippen LogP contribution in [-0.2, 0) is 12.8 Å². The van der Waals surface area contributed by atoms with Crippen LogP contribution < -0.4 is 5.32 Å². The summed E-state index contributed by atoms with van der Waals surface area (Å²) >= 11 is 2.03. The molecule has 1 N–H and O–H groups in total. The van der Waals surface area contributed by atoms with E-state index in [2.05, 4.69) is 35.4 Å². The van der Waals surface area contributed by atoms with Gasteiger partial charge in [0.1, 0.15) is 11.6 Å². The van der Waals surface area contributed by atoms with Crippen molar-refractivity contribution < 1.29 is 0 Å². The zero-order valence-electron chi connectivity index (χ0n) is 12.3. The zero-order valence-corrected chi connectivity index (χ0v) is 13.1. The topological polar surface area (TPSA) is 61.6 Å². The SMILES string of the molecule is CCc1nnc(NCC2CCSCC2)c(C#N)c1CC. The molecular weight excluding hydrogens is 268 g/mol.